The van der Waals surface area contributed by atoms with Gasteiger partial charge in [-0.3, -0.25) is 9.89 Å². The minimum absolute atomic E-state index is 0. The Morgan fingerprint density at radius 3 is 2.69 bits per heavy atom. The van der Waals surface area contributed by atoms with Crippen molar-refractivity contribution in [3.05, 3.63) is 0 Å². The van der Waals surface area contributed by atoms with Crippen LogP contribution < -0.4 is 5.32 Å². The number of likely N-dealkylation sites (N-methyl/N-ethyl adjacent to an activating group) is 2. The molecule has 0 aliphatic carbocycles. The van der Waals surface area contributed by atoms with Gasteiger partial charge in [0.05, 0.1) is 26.4 Å². The Morgan fingerprint density at radius 1 is 1.15 bits per heavy atom. The Bertz CT molecular complexity index is 413. The first-order chi connectivity index (χ1) is 12.1. The van der Waals surface area contributed by atoms with Crippen LogP contribution in [0.4, 0.5) is 0 Å². The highest BCUT2D eigenvalue weighted by atomic mass is 127. The molecule has 7 nitrogen and oxygen atoms in total. The highest BCUT2D eigenvalue weighted by Crippen LogP contribution is 2.17. The summed E-state index contributed by atoms with van der Waals surface area (Å²) in [6, 6.07) is 0.503. The van der Waals surface area contributed by atoms with E-state index in [9.17, 15) is 0 Å². The van der Waals surface area contributed by atoms with Crippen molar-refractivity contribution in [1.82, 2.24) is 20.0 Å². The monoisotopic (exact) mass is 483 g/mol. The Labute approximate surface area is 176 Å². The minimum Gasteiger partial charge on any atom is -0.382 e. The van der Waals surface area contributed by atoms with E-state index in [4.69, 9.17) is 14.5 Å². The summed E-state index contributed by atoms with van der Waals surface area (Å²) in [5.74, 6) is 1.65. The van der Waals surface area contributed by atoms with Crippen molar-refractivity contribution < 1.29 is 9.47 Å². The van der Waals surface area contributed by atoms with E-state index in [-0.39, 0.29) is 24.0 Å². The SMILES string of the molecule is CCNC(=NCC1CN(C)CCN1C)N1CCC(COCCOC)C1.I. The molecule has 2 fully saturated rings. The van der Waals surface area contributed by atoms with Gasteiger partial charge < -0.3 is 24.6 Å². The number of hydrogen-bond donors (Lipinski definition) is 1. The Morgan fingerprint density at radius 2 is 1.96 bits per heavy atom. The fraction of sp³-hybridized carbons (Fsp3) is 0.944. The lowest BCUT2D eigenvalue weighted by molar-refractivity contribution is 0.0536. The van der Waals surface area contributed by atoms with Crippen LogP contribution >= 0.6 is 24.0 Å². The van der Waals surface area contributed by atoms with Crippen molar-refractivity contribution in [3.63, 3.8) is 0 Å². The molecule has 2 atom stereocenters. The van der Waals surface area contributed by atoms with Gasteiger partial charge in [-0.2, -0.15) is 0 Å². The van der Waals surface area contributed by atoms with Crippen molar-refractivity contribution in [1.29, 1.82) is 0 Å². The minimum atomic E-state index is 0. The number of likely N-dealkylation sites (tertiary alicyclic amines) is 1. The number of halogens is 1. The first-order valence-electron chi connectivity index (χ1n) is 9.62. The maximum Gasteiger partial charge on any atom is 0.193 e. The molecule has 8 heteroatoms. The van der Waals surface area contributed by atoms with E-state index in [1.807, 2.05) is 0 Å². The summed E-state index contributed by atoms with van der Waals surface area (Å²) in [6.45, 7) is 11.5. The van der Waals surface area contributed by atoms with Gasteiger partial charge in [0.25, 0.3) is 0 Å². The number of rotatable bonds is 8. The third-order valence-electron chi connectivity index (χ3n) is 5.14. The van der Waals surface area contributed by atoms with Crippen LogP contribution in [0.3, 0.4) is 0 Å². The molecule has 0 aromatic rings. The lowest BCUT2D eigenvalue weighted by atomic mass is 10.1. The van der Waals surface area contributed by atoms with Gasteiger partial charge in [0.15, 0.2) is 5.96 Å². The van der Waals surface area contributed by atoms with Gasteiger partial charge in [-0.15, -0.1) is 24.0 Å². The van der Waals surface area contributed by atoms with Crippen molar-refractivity contribution in [2.75, 3.05) is 86.8 Å². The van der Waals surface area contributed by atoms with Gasteiger partial charge in [-0.25, -0.2) is 0 Å². The number of aliphatic imine (C=N–C) groups is 1. The Hall–Kier alpha value is -0.160. The zero-order chi connectivity index (χ0) is 18.1. The molecule has 2 aliphatic rings. The van der Waals surface area contributed by atoms with Crippen LogP contribution in [0.1, 0.15) is 13.3 Å². The third kappa shape index (κ3) is 7.84. The van der Waals surface area contributed by atoms with E-state index in [1.54, 1.807) is 7.11 Å². The molecule has 2 aliphatic heterocycles. The molecule has 2 unspecified atom stereocenters. The molecule has 0 bridgehead atoms. The van der Waals surface area contributed by atoms with Crippen LogP contribution in [0.15, 0.2) is 4.99 Å². The first kappa shape index (κ1) is 23.9. The molecular weight excluding hydrogens is 445 g/mol. The second-order valence-corrected chi connectivity index (χ2v) is 7.26. The molecule has 0 aromatic heterocycles. The molecule has 154 valence electrons. The maximum atomic E-state index is 5.70. The summed E-state index contributed by atoms with van der Waals surface area (Å²) in [6.07, 6.45) is 1.17. The Balaban J connectivity index is 0.00000338. The zero-order valence-corrected chi connectivity index (χ0v) is 19.3. The molecular formula is C18H38IN5O2. The van der Waals surface area contributed by atoms with Crippen LogP contribution in [0.2, 0.25) is 0 Å². The number of nitrogens with one attached hydrogen (secondary N) is 1. The molecule has 26 heavy (non-hydrogen) atoms. The molecule has 0 aromatic carbocycles. The lowest BCUT2D eigenvalue weighted by Gasteiger charge is -2.37. The average Bonchev–Trinajstić information content (AvgIpc) is 3.07. The quantitative estimate of drug-likeness (QED) is 0.239. The van der Waals surface area contributed by atoms with Crippen molar-refractivity contribution in [2.24, 2.45) is 10.9 Å². The van der Waals surface area contributed by atoms with Gasteiger partial charge in [0.1, 0.15) is 0 Å². The molecule has 2 rings (SSSR count). The van der Waals surface area contributed by atoms with E-state index in [0.717, 1.165) is 58.4 Å². The summed E-state index contributed by atoms with van der Waals surface area (Å²) in [5, 5.41) is 3.47. The standard InChI is InChI=1S/C18H37N5O2.HI/c1-5-19-18(20-12-17-14-21(2)8-9-22(17)3)23-7-6-16(13-23)15-25-11-10-24-4;/h16-17H,5-15H2,1-4H3,(H,19,20);1H. The van der Waals surface area contributed by atoms with Crippen molar-refractivity contribution in [2.45, 2.75) is 19.4 Å². The van der Waals surface area contributed by atoms with Gasteiger partial charge in [0, 0.05) is 58.3 Å². The van der Waals surface area contributed by atoms with Gasteiger partial charge in [-0.05, 0) is 27.4 Å². The normalized spacial score (nSPS) is 25.4. The van der Waals surface area contributed by atoms with Crippen molar-refractivity contribution >= 4 is 29.9 Å². The molecule has 0 saturated carbocycles. The van der Waals surface area contributed by atoms with Crippen LogP contribution in [0.25, 0.3) is 0 Å². The summed E-state index contributed by atoms with van der Waals surface area (Å²) < 4.78 is 10.7. The number of guanidine groups is 1. The molecule has 2 saturated heterocycles. The van der Waals surface area contributed by atoms with Crippen LogP contribution in [0, 0.1) is 5.92 Å². The average molecular weight is 483 g/mol. The number of ether oxygens (including phenoxy) is 2. The van der Waals surface area contributed by atoms with E-state index in [2.05, 4.69) is 41.0 Å². The van der Waals surface area contributed by atoms with E-state index in [0.29, 0.717) is 25.2 Å². The van der Waals surface area contributed by atoms with E-state index < -0.39 is 0 Å². The highest BCUT2D eigenvalue weighted by Gasteiger charge is 2.26. The van der Waals surface area contributed by atoms with E-state index >= 15 is 0 Å². The van der Waals surface area contributed by atoms with E-state index in [1.165, 1.54) is 6.42 Å². The molecule has 0 radical (unpaired) electrons. The second-order valence-electron chi connectivity index (χ2n) is 7.26. The maximum absolute atomic E-state index is 5.70. The fourth-order valence-electron chi connectivity index (χ4n) is 3.47. The number of hydrogen-bond acceptors (Lipinski definition) is 5. The van der Waals surface area contributed by atoms with Crippen LogP contribution in [-0.4, -0.2) is 114 Å². The topological polar surface area (TPSA) is 52.6 Å². The summed E-state index contributed by atoms with van der Waals surface area (Å²) in [7, 11) is 6.12. The van der Waals surface area contributed by atoms with Crippen LogP contribution in [0.5, 0.6) is 0 Å². The number of piperazine rings is 1. The predicted molar refractivity (Wildman–Crippen MR) is 118 cm³/mol. The predicted octanol–water partition coefficient (Wildman–Crippen LogP) is 0.801. The van der Waals surface area contributed by atoms with Gasteiger partial charge in [-0.1, -0.05) is 0 Å². The molecule has 0 spiro atoms. The summed E-state index contributed by atoms with van der Waals surface area (Å²) in [4.78, 5) is 12.2. The fourth-order valence-corrected chi connectivity index (χ4v) is 3.47. The third-order valence-corrected chi connectivity index (χ3v) is 5.14. The highest BCUT2D eigenvalue weighted by molar-refractivity contribution is 14.0. The second kappa shape index (κ2) is 13.1. The molecule has 0 amide bonds. The zero-order valence-electron chi connectivity index (χ0n) is 16.9. The van der Waals surface area contributed by atoms with Gasteiger partial charge >= 0.3 is 0 Å². The lowest BCUT2D eigenvalue weighted by Crippen LogP contribution is -2.51. The van der Waals surface area contributed by atoms with Crippen molar-refractivity contribution in [3.8, 4) is 0 Å². The van der Waals surface area contributed by atoms with Gasteiger partial charge in [0.2, 0.25) is 0 Å². The number of nitrogens with zero attached hydrogens (tertiary/aromatic N) is 4. The molecule has 2 heterocycles. The van der Waals surface area contributed by atoms with Crippen LogP contribution in [-0.2, 0) is 9.47 Å². The first-order valence-corrected chi connectivity index (χ1v) is 9.62. The smallest absolute Gasteiger partial charge is 0.193 e. The number of methoxy groups -OCH3 is 1. The summed E-state index contributed by atoms with van der Waals surface area (Å²) >= 11 is 0. The Kier molecular flexibility index (Phi) is 12.0. The molecule has 1 N–H and O–H groups in total. The largest absolute Gasteiger partial charge is 0.382 e. The summed E-state index contributed by atoms with van der Waals surface area (Å²) in [5.41, 5.74) is 0.